The molecule has 0 spiro atoms. The highest BCUT2D eigenvalue weighted by molar-refractivity contribution is 6.29. The number of aromatic nitrogens is 6. The molecule has 0 aliphatic heterocycles. The van der Waals surface area contributed by atoms with Gasteiger partial charge in [-0.2, -0.15) is 23.4 Å². The molecule has 1 atom stereocenters. The first kappa shape index (κ1) is 24.3. The number of halogens is 4. The van der Waals surface area contributed by atoms with Crippen LogP contribution < -0.4 is 10.6 Å². The van der Waals surface area contributed by atoms with Crippen LogP contribution in [0.4, 0.5) is 29.3 Å². The molecule has 0 fully saturated rings. The fourth-order valence-electron chi connectivity index (χ4n) is 3.31. The highest BCUT2D eigenvalue weighted by atomic mass is 35.5. The number of hydrogen-bond donors (Lipinski definition) is 2. The topological polar surface area (TPSA) is 120 Å². The quantitative estimate of drug-likeness (QED) is 0.368. The molecule has 0 aliphatic carbocycles. The van der Waals surface area contributed by atoms with Crippen LogP contribution in [-0.4, -0.2) is 43.1 Å². The number of pyridine rings is 3. The van der Waals surface area contributed by atoms with Gasteiger partial charge in [0.15, 0.2) is 5.82 Å². The van der Waals surface area contributed by atoms with Crippen molar-refractivity contribution in [1.29, 1.82) is 0 Å². The molecule has 4 aromatic rings. The fraction of sp³-hybridized carbons (Fsp3) is 0.238. The van der Waals surface area contributed by atoms with Crippen molar-refractivity contribution in [2.24, 2.45) is 0 Å². The number of anilines is 2. The predicted octanol–water partition coefficient (Wildman–Crippen LogP) is 4.94. The van der Waals surface area contributed by atoms with Gasteiger partial charge in [0.1, 0.15) is 10.7 Å². The molecule has 4 heterocycles. The number of alkyl halides is 3. The summed E-state index contributed by atoms with van der Waals surface area (Å²) in [4.78, 5) is 25.8. The standard InChI is InChI=1S/C21H18ClF3N8O2/c1-10-7-28-33(32-10)19-13(21(23,24)25)6-12(8-27-19)29-20(34)30-15-9-26-14-4-5-16(22)31-18(14)17(15)11(2)35-3/h4-9,11H,1-3H3,(H2,29,30,34)/t11-/m0/s1. The number of rotatable bonds is 5. The number of ether oxygens (including phenoxy) is 1. The Bertz CT molecular complexity index is 1410. The van der Waals surface area contributed by atoms with Crippen LogP contribution in [-0.2, 0) is 10.9 Å². The van der Waals surface area contributed by atoms with Crippen molar-refractivity contribution < 1.29 is 22.7 Å². The van der Waals surface area contributed by atoms with Gasteiger partial charge in [-0.25, -0.2) is 14.8 Å². The largest absolute Gasteiger partial charge is 0.420 e. The van der Waals surface area contributed by atoms with Gasteiger partial charge in [-0.05, 0) is 32.0 Å². The van der Waals surface area contributed by atoms with Crippen molar-refractivity contribution in [3.8, 4) is 5.82 Å². The van der Waals surface area contributed by atoms with Gasteiger partial charge in [-0.3, -0.25) is 4.98 Å². The maximum absolute atomic E-state index is 13.7. The van der Waals surface area contributed by atoms with Crippen LogP contribution >= 0.6 is 11.6 Å². The van der Waals surface area contributed by atoms with E-state index in [1.807, 2.05) is 0 Å². The van der Waals surface area contributed by atoms with Crippen LogP contribution in [0, 0.1) is 6.92 Å². The molecule has 0 saturated heterocycles. The van der Waals surface area contributed by atoms with E-state index in [2.05, 4.69) is 35.8 Å². The molecular formula is C21H18ClF3N8O2. The summed E-state index contributed by atoms with van der Waals surface area (Å²) in [5, 5.41) is 12.8. The first-order valence-corrected chi connectivity index (χ1v) is 10.5. The lowest BCUT2D eigenvalue weighted by Crippen LogP contribution is -2.22. The van der Waals surface area contributed by atoms with Gasteiger partial charge in [-0.15, -0.1) is 4.80 Å². The summed E-state index contributed by atoms with van der Waals surface area (Å²) in [5.74, 6) is -0.519. The van der Waals surface area contributed by atoms with Crippen LogP contribution in [0.2, 0.25) is 5.15 Å². The molecule has 0 aliphatic rings. The zero-order chi connectivity index (χ0) is 25.3. The zero-order valence-corrected chi connectivity index (χ0v) is 19.3. The molecule has 2 N–H and O–H groups in total. The first-order chi connectivity index (χ1) is 16.6. The lowest BCUT2D eigenvalue weighted by molar-refractivity contribution is -0.137. The molecule has 182 valence electrons. The Labute approximate surface area is 201 Å². The van der Waals surface area contributed by atoms with E-state index in [9.17, 15) is 18.0 Å². The number of fused-ring (bicyclic) bond motifs is 1. The van der Waals surface area contributed by atoms with E-state index in [1.54, 1.807) is 26.0 Å². The Kier molecular flexibility index (Phi) is 6.54. The average Bonchev–Trinajstić information content (AvgIpc) is 3.23. The number of hydrogen-bond acceptors (Lipinski definition) is 7. The van der Waals surface area contributed by atoms with Crippen LogP contribution in [0.1, 0.15) is 29.8 Å². The molecule has 0 bridgehead atoms. The maximum Gasteiger partial charge on any atom is 0.420 e. The molecule has 4 rings (SSSR count). The van der Waals surface area contributed by atoms with Crippen LogP contribution in [0.25, 0.3) is 16.9 Å². The summed E-state index contributed by atoms with van der Waals surface area (Å²) < 4.78 is 46.5. The summed E-state index contributed by atoms with van der Waals surface area (Å²) in [6, 6.07) is 3.17. The highest BCUT2D eigenvalue weighted by Gasteiger charge is 2.36. The number of urea groups is 1. The molecule has 0 saturated carbocycles. The zero-order valence-electron chi connectivity index (χ0n) is 18.6. The lowest BCUT2D eigenvalue weighted by Gasteiger charge is -2.18. The van der Waals surface area contributed by atoms with Gasteiger partial charge in [0.2, 0.25) is 0 Å². The van der Waals surface area contributed by atoms with Gasteiger partial charge in [0.25, 0.3) is 0 Å². The van der Waals surface area contributed by atoms with Gasteiger partial charge >= 0.3 is 12.2 Å². The summed E-state index contributed by atoms with van der Waals surface area (Å²) in [6.07, 6.45) is -1.51. The summed E-state index contributed by atoms with van der Waals surface area (Å²) in [5.41, 5.74) is 0.788. The SMILES string of the molecule is CO[C@@H](C)c1c(NC(=O)Nc2cnc(-n3ncc(C)n3)c(C(F)(F)F)c2)cnc2ccc(Cl)nc12. The lowest BCUT2D eigenvalue weighted by atomic mass is 10.1. The molecule has 0 aromatic carbocycles. The van der Waals surface area contributed by atoms with Gasteiger partial charge in [-0.1, -0.05) is 11.6 Å². The van der Waals surface area contributed by atoms with Gasteiger partial charge < -0.3 is 15.4 Å². The minimum absolute atomic E-state index is 0.196. The minimum Gasteiger partial charge on any atom is -0.377 e. The van der Waals surface area contributed by atoms with Crippen LogP contribution in [0.3, 0.4) is 0 Å². The Morgan fingerprint density at radius 1 is 1.17 bits per heavy atom. The third-order valence-electron chi connectivity index (χ3n) is 4.95. The maximum atomic E-state index is 13.7. The van der Waals surface area contributed by atoms with Crippen molar-refractivity contribution in [2.75, 3.05) is 17.7 Å². The number of aryl methyl sites for hydroxylation is 1. The van der Waals surface area contributed by atoms with E-state index < -0.39 is 29.7 Å². The number of nitrogens with zero attached hydrogens (tertiary/aromatic N) is 6. The third kappa shape index (κ3) is 5.15. The third-order valence-corrected chi connectivity index (χ3v) is 5.16. The van der Waals surface area contributed by atoms with E-state index in [4.69, 9.17) is 16.3 Å². The Morgan fingerprint density at radius 3 is 2.60 bits per heavy atom. The van der Waals surface area contributed by atoms with Crippen molar-refractivity contribution in [3.05, 3.63) is 58.8 Å². The predicted molar refractivity (Wildman–Crippen MR) is 122 cm³/mol. The van der Waals surface area contributed by atoms with Gasteiger partial charge in [0.05, 0.1) is 52.8 Å². The number of methoxy groups -OCH3 is 1. The molecule has 2 amide bonds. The molecule has 14 heteroatoms. The number of carbonyl (C=O) groups excluding carboxylic acids is 1. The molecule has 35 heavy (non-hydrogen) atoms. The van der Waals surface area contributed by atoms with Crippen LogP contribution in [0.5, 0.6) is 0 Å². The number of amides is 2. The molecule has 4 aromatic heterocycles. The minimum atomic E-state index is -4.77. The summed E-state index contributed by atoms with van der Waals surface area (Å²) in [7, 11) is 1.48. The summed E-state index contributed by atoms with van der Waals surface area (Å²) >= 11 is 6.03. The van der Waals surface area contributed by atoms with E-state index >= 15 is 0 Å². The Hall–Kier alpha value is -3.84. The second kappa shape index (κ2) is 9.43. The van der Waals surface area contributed by atoms with Crippen molar-refractivity contribution >= 4 is 40.0 Å². The number of nitrogens with one attached hydrogen (secondary N) is 2. The molecule has 0 radical (unpaired) electrons. The average molecular weight is 507 g/mol. The van der Waals surface area contributed by atoms with E-state index in [0.717, 1.165) is 17.1 Å². The van der Waals surface area contributed by atoms with Crippen molar-refractivity contribution in [3.63, 3.8) is 0 Å². The molecule has 0 unspecified atom stereocenters. The van der Waals surface area contributed by atoms with Crippen LogP contribution in [0.15, 0.2) is 36.8 Å². The van der Waals surface area contributed by atoms with E-state index in [1.165, 1.54) is 19.5 Å². The second-order valence-electron chi connectivity index (χ2n) is 7.41. The smallest absolute Gasteiger partial charge is 0.377 e. The van der Waals surface area contributed by atoms with Gasteiger partial charge in [0, 0.05) is 12.7 Å². The molecular weight excluding hydrogens is 489 g/mol. The summed E-state index contributed by atoms with van der Waals surface area (Å²) in [6.45, 7) is 3.32. The second-order valence-corrected chi connectivity index (χ2v) is 7.80. The fourth-order valence-corrected chi connectivity index (χ4v) is 3.46. The van der Waals surface area contributed by atoms with E-state index in [0.29, 0.717) is 22.3 Å². The monoisotopic (exact) mass is 506 g/mol. The van der Waals surface area contributed by atoms with Crippen molar-refractivity contribution in [2.45, 2.75) is 26.1 Å². The Balaban J connectivity index is 1.65. The van der Waals surface area contributed by atoms with E-state index in [-0.39, 0.29) is 16.5 Å². The van der Waals surface area contributed by atoms with Crippen molar-refractivity contribution in [1.82, 2.24) is 29.9 Å². The first-order valence-electron chi connectivity index (χ1n) is 10.1. The highest BCUT2D eigenvalue weighted by Crippen LogP contribution is 2.35. The Morgan fingerprint density at radius 2 is 1.94 bits per heavy atom. The normalized spacial score (nSPS) is 12.5. The number of carbonyl (C=O) groups is 1. The molecule has 10 nitrogen and oxygen atoms in total.